The Kier molecular flexibility index (Phi) is 5.68. The summed E-state index contributed by atoms with van der Waals surface area (Å²) in [6.07, 6.45) is 8.04. The third-order valence-corrected chi connectivity index (χ3v) is 5.70. The number of hydrogen-bond donors (Lipinski definition) is 2. The van der Waals surface area contributed by atoms with Crippen LogP contribution in [0.4, 0.5) is 5.82 Å². The van der Waals surface area contributed by atoms with Crippen LogP contribution in [-0.4, -0.2) is 53.0 Å². The van der Waals surface area contributed by atoms with Gasteiger partial charge in [0.1, 0.15) is 17.8 Å². The molecule has 5 rings (SSSR count). The number of pyridine rings is 1. The molecule has 4 aromatic heterocycles. The van der Waals surface area contributed by atoms with Crippen LogP contribution in [0.5, 0.6) is 5.75 Å². The summed E-state index contributed by atoms with van der Waals surface area (Å²) in [4.78, 5) is 8.83. The Balaban J connectivity index is 1.62. The zero-order valence-electron chi connectivity index (χ0n) is 18.3. The molecule has 0 aliphatic rings. The van der Waals surface area contributed by atoms with Crippen LogP contribution in [0.25, 0.3) is 27.6 Å². The first-order valence-electron chi connectivity index (χ1n) is 10.4. The maximum absolute atomic E-state index is 8.80. The van der Waals surface area contributed by atoms with Crippen LogP contribution < -0.4 is 10.1 Å². The Labute approximate surface area is 198 Å². The zero-order valence-corrected chi connectivity index (χ0v) is 19.1. The van der Waals surface area contributed by atoms with Gasteiger partial charge in [-0.25, -0.2) is 14.6 Å². The van der Waals surface area contributed by atoms with Gasteiger partial charge in [-0.05, 0) is 24.6 Å². The minimum absolute atomic E-state index is 0.473. The molecule has 0 unspecified atom stereocenters. The van der Waals surface area contributed by atoms with E-state index in [9.17, 15) is 0 Å². The Morgan fingerprint density at radius 2 is 2.09 bits per heavy atom. The van der Waals surface area contributed by atoms with Crippen LogP contribution in [-0.2, 0) is 13.1 Å². The summed E-state index contributed by atoms with van der Waals surface area (Å²) in [5.41, 5.74) is 2.19. The second-order valence-electron chi connectivity index (χ2n) is 7.39. The predicted molar refractivity (Wildman–Crippen MR) is 128 cm³/mol. The van der Waals surface area contributed by atoms with Crippen LogP contribution in [0.3, 0.4) is 0 Å². The Hall–Kier alpha value is -4.25. The maximum Gasteiger partial charge on any atom is 0.170 e. The smallest absolute Gasteiger partial charge is 0.170 e. The first-order chi connectivity index (χ1) is 16.6. The van der Waals surface area contributed by atoms with Crippen molar-refractivity contribution in [1.82, 2.24) is 34.5 Å². The van der Waals surface area contributed by atoms with E-state index < -0.39 is 0 Å². The number of aromatic nitrogens is 7. The molecule has 11 nitrogen and oxygen atoms in total. The minimum atomic E-state index is 0.473. The van der Waals surface area contributed by atoms with Gasteiger partial charge in [0.05, 0.1) is 29.9 Å². The highest BCUT2D eigenvalue weighted by molar-refractivity contribution is 6.32. The van der Waals surface area contributed by atoms with E-state index in [1.165, 1.54) is 6.21 Å². The van der Waals surface area contributed by atoms with E-state index in [2.05, 4.69) is 35.7 Å². The number of imidazole rings is 1. The second-order valence-corrected chi connectivity index (χ2v) is 7.80. The lowest BCUT2D eigenvalue weighted by atomic mass is 10.1. The normalized spacial score (nSPS) is 11.6. The molecule has 0 aliphatic heterocycles. The fraction of sp³-hybridized carbons (Fsp3) is 0.182. The number of nitrogens with one attached hydrogen (secondary N) is 1. The van der Waals surface area contributed by atoms with E-state index in [4.69, 9.17) is 21.5 Å². The summed E-state index contributed by atoms with van der Waals surface area (Å²) < 4.78 is 8.77. The molecule has 0 radical (unpaired) electrons. The monoisotopic (exact) mass is 477 g/mol. The average Bonchev–Trinajstić information content (AvgIpc) is 3.49. The summed E-state index contributed by atoms with van der Waals surface area (Å²) >= 11 is 6.28. The Morgan fingerprint density at radius 3 is 2.85 bits per heavy atom. The molecule has 4 heterocycles. The average molecular weight is 478 g/mol. The number of fused-ring (bicyclic) bond motifs is 3. The van der Waals surface area contributed by atoms with E-state index in [1.54, 1.807) is 36.6 Å². The summed E-state index contributed by atoms with van der Waals surface area (Å²) in [5.74, 6) is 1.74. The highest BCUT2D eigenvalue weighted by Crippen LogP contribution is 2.32. The minimum Gasteiger partial charge on any atom is -0.495 e. The van der Waals surface area contributed by atoms with Crippen molar-refractivity contribution >= 4 is 45.4 Å². The summed E-state index contributed by atoms with van der Waals surface area (Å²) in [6, 6.07) is 5.61. The van der Waals surface area contributed by atoms with Crippen molar-refractivity contribution in [3.63, 3.8) is 0 Å². The van der Waals surface area contributed by atoms with Crippen molar-refractivity contribution in [3.8, 4) is 11.6 Å². The first-order valence-corrected chi connectivity index (χ1v) is 10.8. The van der Waals surface area contributed by atoms with Gasteiger partial charge < -0.3 is 15.3 Å². The number of ether oxygens (including phenoxy) is 1. The molecule has 0 aliphatic carbocycles. The van der Waals surface area contributed by atoms with E-state index in [-0.39, 0.29) is 0 Å². The lowest BCUT2D eigenvalue weighted by molar-refractivity contribution is 0.321. The largest absolute Gasteiger partial charge is 0.495 e. The highest BCUT2D eigenvalue weighted by Gasteiger charge is 2.17. The molecule has 0 amide bonds. The van der Waals surface area contributed by atoms with Gasteiger partial charge in [0.25, 0.3) is 0 Å². The van der Waals surface area contributed by atoms with Gasteiger partial charge in [0.2, 0.25) is 0 Å². The van der Waals surface area contributed by atoms with Crippen LogP contribution in [0, 0.1) is 0 Å². The maximum atomic E-state index is 8.80. The molecular weight excluding hydrogens is 458 g/mol. The summed E-state index contributed by atoms with van der Waals surface area (Å²) in [6.45, 7) is 3.17. The standard InChI is InChI=1S/C22H20ClN9O2/c1-3-32-21-16(10-27-32)19-15(9-25-21)22(31-11-14(8-28-33)26-12-31)30-29-20(19)24-7-13-4-5-18(34-2)17(23)6-13/h4-6,8-12,33H,3,7H2,1-2H3,(H,24,29)/b28-8+. The number of oxime groups is 1. The van der Waals surface area contributed by atoms with Gasteiger partial charge in [-0.3, -0.25) is 4.57 Å². The topological polar surface area (TPSA) is 128 Å². The van der Waals surface area contributed by atoms with Gasteiger partial charge in [-0.15, -0.1) is 10.2 Å². The molecule has 0 spiro atoms. The van der Waals surface area contributed by atoms with E-state index in [0.29, 0.717) is 41.2 Å². The number of methoxy groups -OCH3 is 1. The molecule has 0 saturated heterocycles. The third kappa shape index (κ3) is 3.75. The SMILES string of the molecule is CCn1ncc2c3c(NCc4ccc(OC)c(Cl)c4)nnc(-n4cnc(/C=N/O)c4)c3cnc21. The lowest BCUT2D eigenvalue weighted by Crippen LogP contribution is -2.07. The van der Waals surface area contributed by atoms with Gasteiger partial charge in [0, 0.05) is 36.3 Å². The molecule has 2 N–H and O–H groups in total. The molecule has 0 bridgehead atoms. The van der Waals surface area contributed by atoms with Crippen molar-refractivity contribution < 1.29 is 9.94 Å². The molecule has 12 heteroatoms. The van der Waals surface area contributed by atoms with Crippen LogP contribution in [0.15, 0.2) is 48.3 Å². The van der Waals surface area contributed by atoms with Crippen LogP contribution in [0.1, 0.15) is 18.2 Å². The van der Waals surface area contributed by atoms with Crippen molar-refractivity contribution in [2.24, 2.45) is 5.16 Å². The van der Waals surface area contributed by atoms with Gasteiger partial charge in [-0.2, -0.15) is 5.10 Å². The third-order valence-electron chi connectivity index (χ3n) is 5.40. The number of nitrogens with zero attached hydrogens (tertiary/aromatic N) is 8. The molecule has 0 saturated carbocycles. The molecule has 0 atom stereocenters. The molecular formula is C22H20ClN9O2. The second kappa shape index (κ2) is 8.94. The Bertz CT molecular complexity index is 1530. The quantitative estimate of drug-likeness (QED) is 0.206. The van der Waals surface area contributed by atoms with E-state index in [1.807, 2.05) is 29.8 Å². The number of aryl methyl sites for hydroxylation is 1. The van der Waals surface area contributed by atoms with Crippen LogP contribution in [0.2, 0.25) is 5.02 Å². The number of hydrogen-bond acceptors (Lipinski definition) is 9. The zero-order chi connectivity index (χ0) is 23.7. The lowest BCUT2D eigenvalue weighted by Gasteiger charge is -2.13. The molecule has 34 heavy (non-hydrogen) atoms. The number of halogens is 1. The molecule has 1 aromatic carbocycles. The number of rotatable bonds is 7. The van der Waals surface area contributed by atoms with E-state index >= 15 is 0 Å². The predicted octanol–water partition coefficient (Wildman–Crippen LogP) is 3.66. The van der Waals surface area contributed by atoms with Crippen molar-refractivity contribution in [3.05, 3.63) is 59.4 Å². The first kappa shape index (κ1) is 21.6. The number of benzene rings is 1. The summed E-state index contributed by atoms with van der Waals surface area (Å²) in [5, 5.41) is 31.6. The van der Waals surface area contributed by atoms with Crippen molar-refractivity contribution in [1.29, 1.82) is 0 Å². The highest BCUT2D eigenvalue weighted by atomic mass is 35.5. The van der Waals surface area contributed by atoms with Crippen molar-refractivity contribution in [2.45, 2.75) is 20.0 Å². The van der Waals surface area contributed by atoms with Gasteiger partial charge >= 0.3 is 0 Å². The van der Waals surface area contributed by atoms with Crippen molar-refractivity contribution in [2.75, 3.05) is 12.4 Å². The molecule has 0 fully saturated rings. The molecule has 5 aromatic rings. The summed E-state index contributed by atoms with van der Waals surface area (Å²) in [7, 11) is 1.58. The van der Waals surface area contributed by atoms with Gasteiger partial charge in [-0.1, -0.05) is 22.8 Å². The fourth-order valence-electron chi connectivity index (χ4n) is 3.78. The fourth-order valence-corrected chi connectivity index (χ4v) is 4.06. The Morgan fingerprint density at radius 1 is 1.21 bits per heavy atom. The molecule has 172 valence electrons. The van der Waals surface area contributed by atoms with Gasteiger partial charge in [0.15, 0.2) is 17.3 Å². The van der Waals surface area contributed by atoms with E-state index in [0.717, 1.165) is 27.4 Å². The number of anilines is 1. The van der Waals surface area contributed by atoms with Crippen LogP contribution >= 0.6 is 11.6 Å².